The van der Waals surface area contributed by atoms with E-state index in [1.165, 1.54) is 4.57 Å². The fourth-order valence-electron chi connectivity index (χ4n) is 3.07. The zero-order chi connectivity index (χ0) is 19.0. The number of nitrogens with zero attached hydrogens (tertiary/aromatic N) is 4. The van der Waals surface area contributed by atoms with Crippen LogP contribution in [0.1, 0.15) is 11.3 Å². The fourth-order valence-corrected chi connectivity index (χ4v) is 3.07. The molecular formula is C20H15N5O2. The van der Waals surface area contributed by atoms with Crippen LogP contribution in [0.4, 0.5) is 5.69 Å². The Morgan fingerprint density at radius 3 is 2.67 bits per heavy atom. The molecule has 0 saturated heterocycles. The molecule has 0 saturated carbocycles. The summed E-state index contributed by atoms with van der Waals surface area (Å²) in [6, 6.07) is 17.5. The highest BCUT2D eigenvalue weighted by molar-refractivity contribution is 5.91. The lowest BCUT2D eigenvalue weighted by atomic mass is 10.2. The van der Waals surface area contributed by atoms with Gasteiger partial charge in [-0.2, -0.15) is 10.4 Å². The zero-order valence-electron chi connectivity index (χ0n) is 14.5. The minimum atomic E-state index is -0.335. The predicted octanol–water partition coefficient (Wildman–Crippen LogP) is 2.47. The summed E-state index contributed by atoms with van der Waals surface area (Å²) in [5, 5.41) is 16.5. The Balaban J connectivity index is 1.74. The number of hydrogen-bond acceptors (Lipinski definition) is 4. The van der Waals surface area contributed by atoms with Crippen molar-refractivity contribution in [3.63, 3.8) is 0 Å². The summed E-state index contributed by atoms with van der Waals surface area (Å²) >= 11 is 0. The van der Waals surface area contributed by atoms with Crippen molar-refractivity contribution in [1.82, 2.24) is 14.2 Å². The number of aromatic nitrogens is 3. The molecule has 0 spiro atoms. The van der Waals surface area contributed by atoms with E-state index in [2.05, 4.69) is 10.4 Å². The van der Waals surface area contributed by atoms with E-state index < -0.39 is 0 Å². The molecule has 0 aliphatic heterocycles. The largest absolute Gasteiger partial charge is 0.325 e. The zero-order valence-corrected chi connectivity index (χ0v) is 14.5. The Morgan fingerprint density at radius 2 is 1.93 bits per heavy atom. The van der Waals surface area contributed by atoms with Gasteiger partial charge in [-0.05, 0) is 43.3 Å². The Kier molecular flexibility index (Phi) is 3.94. The highest BCUT2D eigenvalue weighted by Gasteiger charge is 2.15. The summed E-state index contributed by atoms with van der Waals surface area (Å²) in [7, 11) is 0. The van der Waals surface area contributed by atoms with E-state index in [0.29, 0.717) is 27.8 Å². The van der Waals surface area contributed by atoms with Crippen LogP contribution >= 0.6 is 0 Å². The molecule has 0 aliphatic rings. The SMILES string of the molecule is Cc1cc2n(CC(=O)Nc3ccc(C#N)cc3)c(=O)c3ccccc3n2n1. The Hall–Kier alpha value is -3.92. The Labute approximate surface area is 154 Å². The second-order valence-corrected chi connectivity index (χ2v) is 6.20. The summed E-state index contributed by atoms with van der Waals surface area (Å²) in [4.78, 5) is 25.4. The van der Waals surface area contributed by atoms with E-state index in [4.69, 9.17) is 5.26 Å². The number of nitrogens with one attached hydrogen (secondary N) is 1. The van der Waals surface area contributed by atoms with Crippen molar-refractivity contribution in [3.05, 3.63) is 76.2 Å². The molecule has 2 aromatic heterocycles. The molecule has 1 amide bonds. The quantitative estimate of drug-likeness (QED) is 0.610. The maximum Gasteiger partial charge on any atom is 0.262 e. The number of para-hydroxylation sites is 1. The minimum absolute atomic E-state index is 0.141. The van der Waals surface area contributed by atoms with E-state index in [-0.39, 0.29) is 18.0 Å². The lowest BCUT2D eigenvalue weighted by Crippen LogP contribution is -2.29. The lowest BCUT2D eigenvalue weighted by molar-refractivity contribution is -0.116. The molecule has 0 aliphatic carbocycles. The molecule has 7 heteroatoms. The fraction of sp³-hybridized carbons (Fsp3) is 0.100. The molecule has 27 heavy (non-hydrogen) atoms. The third-order valence-corrected chi connectivity index (χ3v) is 4.30. The van der Waals surface area contributed by atoms with E-state index in [1.54, 1.807) is 47.0 Å². The molecule has 0 radical (unpaired) electrons. The van der Waals surface area contributed by atoms with E-state index in [1.807, 2.05) is 25.1 Å². The Bertz CT molecular complexity index is 1280. The van der Waals surface area contributed by atoms with E-state index in [0.717, 1.165) is 5.69 Å². The molecule has 4 rings (SSSR count). The van der Waals surface area contributed by atoms with Crippen molar-refractivity contribution >= 4 is 28.1 Å². The first-order valence-corrected chi connectivity index (χ1v) is 8.35. The molecule has 0 atom stereocenters. The summed E-state index contributed by atoms with van der Waals surface area (Å²) in [5.41, 5.74) is 2.85. The van der Waals surface area contributed by atoms with Crippen molar-refractivity contribution in [1.29, 1.82) is 5.26 Å². The predicted molar refractivity (Wildman–Crippen MR) is 101 cm³/mol. The minimum Gasteiger partial charge on any atom is -0.325 e. The monoisotopic (exact) mass is 357 g/mol. The van der Waals surface area contributed by atoms with Gasteiger partial charge in [0.05, 0.1) is 28.2 Å². The van der Waals surface area contributed by atoms with Crippen LogP contribution in [0, 0.1) is 18.3 Å². The van der Waals surface area contributed by atoms with Gasteiger partial charge in [0, 0.05) is 11.8 Å². The van der Waals surface area contributed by atoms with Crippen molar-refractivity contribution in [3.8, 4) is 6.07 Å². The topological polar surface area (TPSA) is 92.2 Å². The molecule has 0 bridgehead atoms. The van der Waals surface area contributed by atoms with Crippen LogP contribution in [0.5, 0.6) is 0 Å². The second kappa shape index (κ2) is 6.42. The van der Waals surface area contributed by atoms with Crippen molar-refractivity contribution in [2.24, 2.45) is 0 Å². The van der Waals surface area contributed by atoms with Crippen LogP contribution in [0.3, 0.4) is 0 Å². The van der Waals surface area contributed by atoms with E-state index >= 15 is 0 Å². The van der Waals surface area contributed by atoms with Gasteiger partial charge in [-0.15, -0.1) is 0 Å². The van der Waals surface area contributed by atoms with E-state index in [9.17, 15) is 9.59 Å². The molecule has 1 N–H and O–H groups in total. The first kappa shape index (κ1) is 16.5. The standard InChI is InChI=1S/C20H15N5O2/c1-13-10-19-24(12-18(26)22-15-8-6-14(11-21)7-9-15)20(27)16-4-2-3-5-17(16)25(19)23-13/h2-10H,12H2,1H3,(H,22,26). The average Bonchev–Trinajstić information content (AvgIpc) is 3.07. The van der Waals surface area contributed by atoms with Crippen molar-refractivity contribution in [2.75, 3.05) is 5.32 Å². The van der Waals surface area contributed by atoms with Gasteiger partial charge in [-0.25, -0.2) is 4.52 Å². The van der Waals surface area contributed by atoms with Gasteiger partial charge in [-0.3, -0.25) is 14.2 Å². The highest BCUT2D eigenvalue weighted by Crippen LogP contribution is 2.15. The average molecular weight is 357 g/mol. The number of anilines is 1. The third-order valence-electron chi connectivity index (χ3n) is 4.30. The summed E-state index contributed by atoms with van der Waals surface area (Å²) in [6.07, 6.45) is 0. The van der Waals surface area contributed by atoms with Gasteiger partial charge in [-0.1, -0.05) is 12.1 Å². The van der Waals surface area contributed by atoms with Crippen LogP contribution in [-0.2, 0) is 11.3 Å². The molecule has 2 heterocycles. The maximum absolute atomic E-state index is 12.9. The van der Waals surface area contributed by atoms with Gasteiger partial charge in [0.15, 0.2) is 0 Å². The first-order chi connectivity index (χ1) is 13.1. The number of amides is 1. The summed E-state index contributed by atoms with van der Waals surface area (Å²) in [6.45, 7) is 1.70. The number of carbonyl (C=O) groups is 1. The molecule has 0 unspecified atom stereocenters. The molecule has 4 aromatic rings. The van der Waals surface area contributed by atoms with Crippen LogP contribution in [-0.4, -0.2) is 20.1 Å². The molecular weight excluding hydrogens is 342 g/mol. The number of fused-ring (bicyclic) bond motifs is 3. The number of nitriles is 1. The van der Waals surface area contributed by atoms with Crippen LogP contribution in [0.2, 0.25) is 0 Å². The normalized spacial score (nSPS) is 10.8. The highest BCUT2D eigenvalue weighted by atomic mass is 16.2. The molecule has 7 nitrogen and oxygen atoms in total. The van der Waals surface area contributed by atoms with Gasteiger partial charge in [0.1, 0.15) is 12.2 Å². The van der Waals surface area contributed by atoms with Crippen molar-refractivity contribution in [2.45, 2.75) is 13.5 Å². The first-order valence-electron chi connectivity index (χ1n) is 8.35. The van der Waals surface area contributed by atoms with Gasteiger partial charge >= 0.3 is 0 Å². The van der Waals surface area contributed by atoms with Crippen LogP contribution in [0.25, 0.3) is 16.6 Å². The van der Waals surface area contributed by atoms with Crippen molar-refractivity contribution < 1.29 is 4.79 Å². The van der Waals surface area contributed by atoms with Gasteiger partial charge in [0.2, 0.25) is 5.91 Å². The molecule has 132 valence electrons. The van der Waals surface area contributed by atoms with Crippen LogP contribution < -0.4 is 10.9 Å². The summed E-state index contributed by atoms with van der Waals surface area (Å²) < 4.78 is 3.10. The van der Waals surface area contributed by atoms with Gasteiger partial charge < -0.3 is 5.32 Å². The third kappa shape index (κ3) is 2.93. The second-order valence-electron chi connectivity index (χ2n) is 6.20. The number of benzene rings is 2. The number of hydrogen-bond donors (Lipinski definition) is 1. The Morgan fingerprint density at radius 1 is 1.19 bits per heavy atom. The van der Waals surface area contributed by atoms with Gasteiger partial charge in [0.25, 0.3) is 5.56 Å². The number of aryl methyl sites for hydroxylation is 1. The molecule has 0 fully saturated rings. The number of carbonyl (C=O) groups excluding carboxylic acids is 1. The molecule has 2 aromatic carbocycles. The van der Waals surface area contributed by atoms with Crippen LogP contribution in [0.15, 0.2) is 59.4 Å². The number of rotatable bonds is 3. The maximum atomic E-state index is 12.9. The summed E-state index contributed by atoms with van der Waals surface area (Å²) in [5.74, 6) is -0.335. The lowest BCUT2D eigenvalue weighted by Gasteiger charge is -2.11. The smallest absolute Gasteiger partial charge is 0.262 e.